The molecular weight excluding hydrogens is 264 g/mol. The standard InChI is InChI=1S/C17H26N2O2/c1-2-10-20-14-6-5-9-19(12-14)13-15-11-18-16-7-3-4-8-17(16)21-15/h3-4,7-8,14-15,18H,2,5-6,9-13H2,1H3. The van der Waals surface area contributed by atoms with Crippen LogP contribution < -0.4 is 10.1 Å². The van der Waals surface area contributed by atoms with Gasteiger partial charge in [0.25, 0.3) is 0 Å². The molecule has 1 saturated heterocycles. The first-order valence-corrected chi connectivity index (χ1v) is 8.18. The van der Waals surface area contributed by atoms with Gasteiger partial charge in [0.1, 0.15) is 11.9 Å². The van der Waals surface area contributed by atoms with Crippen LogP contribution in [0.15, 0.2) is 24.3 Å². The number of nitrogens with one attached hydrogen (secondary N) is 1. The first-order chi connectivity index (χ1) is 10.3. The van der Waals surface area contributed by atoms with Crippen LogP contribution in [0, 0.1) is 0 Å². The Kier molecular flexibility index (Phi) is 4.99. The van der Waals surface area contributed by atoms with Crippen LogP contribution in [0.4, 0.5) is 5.69 Å². The minimum atomic E-state index is 0.227. The number of rotatable bonds is 5. The van der Waals surface area contributed by atoms with Gasteiger partial charge < -0.3 is 14.8 Å². The molecule has 2 atom stereocenters. The SMILES string of the molecule is CCCOC1CCCN(CC2CNc3ccccc3O2)C1. The number of fused-ring (bicyclic) bond motifs is 1. The summed E-state index contributed by atoms with van der Waals surface area (Å²) in [6, 6.07) is 8.17. The van der Waals surface area contributed by atoms with E-state index < -0.39 is 0 Å². The number of likely N-dealkylation sites (tertiary alicyclic amines) is 1. The van der Waals surface area contributed by atoms with Gasteiger partial charge in [0.2, 0.25) is 0 Å². The summed E-state index contributed by atoms with van der Waals surface area (Å²) in [7, 11) is 0. The van der Waals surface area contributed by atoms with E-state index in [2.05, 4.69) is 23.2 Å². The first kappa shape index (κ1) is 14.7. The van der Waals surface area contributed by atoms with E-state index >= 15 is 0 Å². The van der Waals surface area contributed by atoms with E-state index in [-0.39, 0.29) is 6.10 Å². The maximum atomic E-state index is 6.11. The van der Waals surface area contributed by atoms with Crippen molar-refractivity contribution in [2.24, 2.45) is 0 Å². The van der Waals surface area contributed by atoms with Crippen molar-refractivity contribution < 1.29 is 9.47 Å². The molecule has 0 spiro atoms. The van der Waals surface area contributed by atoms with Gasteiger partial charge in [-0.3, -0.25) is 4.90 Å². The highest BCUT2D eigenvalue weighted by Gasteiger charge is 2.25. The summed E-state index contributed by atoms with van der Waals surface area (Å²) >= 11 is 0. The van der Waals surface area contributed by atoms with Gasteiger partial charge in [-0.2, -0.15) is 0 Å². The Morgan fingerprint density at radius 2 is 2.29 bits per heavy atom. The Hall–Kier alpha value is -1.26. The van der Waals surface area contributed by atoms with Gasteiger partial charge in [0.05, 0.1) is 18.3 Å². The third-order valence-electron chi connectivity index (χ3n) is 4.18. The Balaban J connectivity index is 1.50. The number of piperidine rings is 1. The van der Waals surface area contributed by atoms with Gasteiger partial charge in [-0.15, -0.1) is 0 Å². The Morgan fingerprint density at radius 1 is 1.38 bits per heavy atom. The van der Waals surface area contributed by atoms with Crippen molar-refractivity contribution in [1.82, 2.24) is 4.90 Å². The van der Waals surface area contributed by atoms with Crippen molar-refractivity contribution in [3.63, 3.8) is 0 Å². The van der Waals surface area contributed by atoms with Crippen LogP contribution in [0.25, 0.3) is 0 Å². The summed E-state index contributed by atoms with van der Waals surface area (Å²) in [5.41, 5.74) is 1.11. The third kappa shape index (κ3) is 3.89. The van der Waals surface area contributed by atoms with Crippen LogP contribution in [0.2, 0.25) is 0 Å². The average molecular weight is 290 g/mol. The van der Waals surface area contributed by atoms with E-state index in [1.165, 1.54) is 12.8 Å². The molecule has 0 amide bonds. The van der Waals surface area contributed by atoms with Gasteiger partial charge in [-0.05, 0) is 37.9 Å². The number of anilines is 1. The lowest BCUT2D eigenvalue weighted by atomic mass is 10.1. The van der Waals surface area contributed by atoms with Gasteiger partial charge >= 0.3 is 0 Å². The summed E-state index contributed by atoms with van der Waals surface area (Å²) in [5.74, 6) is 0.976. The van der Waals surface area contributed by atoms with E-state index in [4.69, 9.17) is 9.47 Å². The van der Waals surface area contributed by atoms with Crippen molar-refractivity contribution in [2.45, 2.75) is 38.4 Å². The molecule has 0 radical (unpaired) electrons. The highest BCUT2D eigenvalue weighted by Crippen LogP contribution is 2.28. The van der Waals surface area contributed by atoms with Crippen LogP contribution in [-0.4, -0.2) is 49.9 Å². The fourth-order valence-corrected chi connectivity index (χ4v) is 3.15. The highest BCUT2D eigenvalue weighted by atomic mass is 16.5. The quantitative estimate of drug-likeness (QED) is 0.904. The Bertz CT molecular complexity index is 452. The van der Waals surface area contributed by atoms with Crippen LogP contribution in [-0.2, 0) is 4.74 Å². The largest absolute Gasteiger partial charge is 0.485 e. The van der Waals surface area contributed by atoms with Gasteiger partial charge in [-0.25, -0.2) is 0 Å². The molecule has 1 aromatic carbocycles. The highest BCUT2D eigenvalue weighted by molar-refractivity contribution is 5.57. The zero-order valence-corrected chi connectivity index (χ0v) is 12.9. The zero-order chi connectivity index (χ0) is 14.5. The van der Waals surface area contributed by atoms with E-state index in [0.717, 1.165) is 50.6 Å². The molecule has 4 nitrogen and oxygen atoms in total. The molecule has 0 saturated carbocycles. The number of hydrogen-bond acceptors (Lipinski definition) is 4. The number of para-hydroxylation sites is 2. The van der Waals surface area contributed by atoms with Crippen molar-refractivity contribution in [3.05, 3.63) is 24.3 Å². The number of benzene rings is 1. The predicted molar refractivity (Wildman–Crippen MR) is 85.1 cm³/mol. The maximum absolute atomic E-state index is 6.11. The molecule has 1 N–H and O–H groups in total. The molecule has 2 unspecified atom stereocenters. The zero-order valence-electron chi connectivity index (χ0n) is 12.9. The fraction of sp³-hybridized carbons (Fsp3) is 0.647. The second kappa shape index (κ2) is 7.14. The molecule has 116 valence electrons. The maximum Gasteiger partial charge on any atom is 0.142 e. The lowest BCUT2D eigenvalue weighted by Gasteiger charge is -2.36. The molecule has 21 heavy (non-hydrogen) atoms. The van der Waals surface area contributed by atoms with Crippen LogP contribution >= 0.6 is 0 Å². The molecule has 2 heterocycles. The molecule has 0 aliphatic carbocycles. The van der Waals surface area contributed by atoms with Crippen molar-refractivity contribution in [2.75, 3.05) is 38.1 Å². The van der Waals surface area contributed by atoms with Gasteiger partial charge in [0.15, 0.2) is 0 Å². The van der Waals surface area contributed by atoms with Crippen molar-refractivity contribution >= 4 is 5.69 Å². The minimum absolute atomic E-state index is 0.227. The van der Waals surface area contributed by atoms with Gasteiger partial charge in [-0.1, -0.05) is 19.1 Å². The Labute approximate surface area is 127 Å². The smallest absolute Gasteiger partial charge is 0.142 e. The summed E-state index contributed by atoms with van der Waals surface area (Å²) in [6.45, 7) is 7.11. The second-order valence-electron chi connectivity index (χ2n) is 6.01. The van der Waals surface area contributed by atoms with E-state index in [9.17, 15) is 0 Å². The fourth-order valence-electron chi connectivity index (χ4n) is 3.15. The van der Waals surface area contributed by atoms with Crippen LogP contribution in [0.3, 0.4) is 0 Å². The van der Waals surface area contributed by atoms with Crippen LogP contribution in [0.1, 0.15) is 26.2 Å². The molecule has 2 aliphatic rings. The van der Waals surface area contributed by atoms with E-state index in [0.29, 0.717) is 6.10 Å². The topological polar surface area (TPSA) is 33.7 Å². The second-order valence-corrected chi connectivity index (χ2v) is 6.01. The average Bonchev–Trinajstić information content (AvgIpc) is 2.53. The van der Waals surface area contributed by atoms with Crippen molar-refractivity contribution in [1.29, 1.82) is 0 Å². The molecule has 4 heteroatoms. The normalized spacial score (nSPS) is 25.8. The predicted octanol–water partition coefficient (Wildman–Crippen LogP) is 2.75. The van der Waals surface area contributed by atoms with E-state index in [1.807, 2.05) is 18.2 Å². The molecule has 1 aromatic rings. The number of nitrogens with zero attached hydrogens (tertiary/aromatic N) is 1. The monoisotopic (exact) mass is 290 g/mol. The summed E-state index contributed by atoms with van der Waals surface area (Å²) in [4.78, 5) is 2.49. The molecule has 0 bridgehead atoms. The summed E-state index contributed by atoms with van der Waals surface area (Å²) in [5, 5.41) is 3.46. The lowest BCUT2D eigenvalue weighted by molar-refractivity contribution is -0.00874. The third-order valence-corrected chi connectivity index (χ3v) is 4.18. The molecular formula is C17H26N2O2. The van der Waals surface area contributed by atoms with Crippen molar-refractivity contribution in [3.8, 4) is 5.75 Å². The molecule has 1 fully saturated rings. The van der Waals surface area contributed by atoms with E-state index in [1.54, 1.807) is 0 Å². The molecule has 3 rings (SSSR count). The number of hydrogen-bond donors (Lipinski definition) is 1. The minimum Gasteiger partial charge on any atom is -0.485 e. The lowest BCUT2D eigenvalue weighted by Crippen LogP contribution is -2.47. The molecule has 2 aliphatic heterocycles. The summed E-state index contributed by atoms with van der Waals surface area (Å²) in [6.07, 6.45) is 4.16. The number of ether oxygens (including phenoxy) is 2. The first-order valence-electron chi connectivity index (χ1n) is 8.18. The summed E-state index contributed by atoms with van der Waals surface area (Å²) < 4.78 is 12.0. The molecule has 0 aromatic heterocycles. The van der Waals surface area contributed by atoms with Gasteiger partial charge in [0, 0.05) is 19.7 Å². The Morgan fingerprint density at radius 3 is 3.19 bits per heavy atom. The van der Waals surface area contributed by atoms with Crippen LogP contribution in [0.5, 0.6) is 5.75 Å².